The summed E-state index contributed by atoms with van der Waals surface area (Å²) >= 11 is 3.12. The summed E-state index contributed by atoms with van der Waals surface area (Å²) in [7, 11) is 1.78. The molecule has 22 heavy (non-hydrogen) atoms. The zero-order chi connectivity index (χ0) is 15.9. The lowest BCUT2D eigenvalue weighted by atomic mass is 10.1. The molecule has 5 heteroatoms. The van der Waals surface area contributed by atoms with Gasteiger partial charge in [0, 0.05) is 31.3 Å². The van der Waals surface area contributed by atoms with Crippen molar-refractivity contribution in [2.75, 3.05) is 13.3 Å². The fourth-order valence-corrected chi connectivity index (χ4v) is 3.17. The lowest BCUT2D eigenvalue weighted by Gasteiger charge is -2.17. The monoisotopic (exact) mass is 333 g/mol. The van der Waals surface area contributed by atoms with Crippen LogP contribution in [0.2, 0.25) is 0 Å². The minimum Gasteiger partial charge on any atom is -0.341 e. The van der Waals surface area contributed by atoms with Crippen molar-refractivity contribution < 1.29 is 9.59 Å². The molecule has 1 aromatic heterocycles. The third-order valence-corrected chi connectivity index (χ3v) is 5.02. The van der Waals surface area contributed by atoms with Crippen LogP contribution in [0.1, 0.15) is 28.1 Å². The van der Waals surface area contributed by atoms with Gasteiger partial charge in [-0.25, -0.2) is 0 Å². The van der Waals surface area contributed by atoms with Crippen molar-refractivity contribution in [2.24, 2.45) is 0 Å². The molecule has 0 spiro atoms. The van der Waals surface area contributed by atoms with Crippen molar-refractivity contribution in [3.8, 4) is 0 Å². The number of benzene rings is 1. The number of rotatable bonds is 7. The van der Waals surface area contributed by atoms with Gasteiger partial charge in [-0.05, 0) is 35.4 Å². The smallest absolute Gasteiger partial charge is 0.223 e. The Morgan fingerprint density at radius 3 is 2.45 bits per heavy atom. The lowest BCUT2D eigenvalue weighted by molar-refractivity contribution is -0.130. The van der Waals surface area contributed by atoms with E-state index in [1.807, 2.05) is 29.8 Å². The molecule has 0 radical (unpaired) electrons. The summed E-state index contributed by atoms with van der Waals surface area (Å²) in [6, 6.07) is 11.8. The molecule has 0 aliphatic rings. The maximum absolute atomic E-state index is 12.1. The van der Waals surface area contributed by atoms with Gasteiger partial charge >= 0.3 is 0 Å². The number of carbonyl (C=O) groups is 2. The van der Waals surface area contributed by atoms with E-state index in [0.29, 0.717) is 6.54 Å². The summed E-state index contributed by atoms with van der Waals surface area (Å²) in [4.78, 5) is 27.6. The van der Waals surface area contributed by atoms with Crippen molar-refractivity contribution in [2.45, 2.75) is 24.3 Å². The van der Waals surface area contributed by atoms with Gasteiger partial charge in [-0.2, -0.15) is 0 Å². The molecule has 2 rings (SSSR count). The van der Waals surface area contributed by atoms with Crippen LogP contribution in [0, 0.1) is 0 Å². The molecule has 0 bridgehead atoms. The van der Waals surface area contributed by atoms with Crippen LogP contribution in [0.25, 0.3) is 0 Å². The number of thioether (sulfide) groups is 1. The van der Waals surface area contributed by atoms with Crippen molar-refractivity contribution >= 4 is 34.8 Å². The van der Waals surface area contributed by atoms with E-state index < -0.39 is 0 Å². The van der Waals surface area contributed by atoms with Gasteiger partial charge in [-0.1, -0.05) is 18.2 Å². The third kappa shape index (κ3) is 4.71. The second-order valence-electron chi connectivity index (χ2n) is 5.00. The molecular formula is C17H19NO2S2. The molecule has 0 fully saturated rings. The van der Waals surface area contributed by atoms with Crippen molar-refractivity contribution in [3.05, 3.63) is 52.2 Å². The van der Waals surface area contributed by atoms with Crippen LogP contribution in [0.4, 0.5) is 0 Å². The standard InChI is InChI=1S/C17H19NO2S2/c1-18(12-13-5-7-14(21-2)8-6-13)17(20)10-9-15(19)16-4-3-11-22-16/h3-8,11H,9-10,12H2,1-2H3. The Kier molecular flexibility index (Phi) is 6.21. The number of amides is 1. The number of ketones is 1. The molecule has 1 heterocycles. The van der Waals surface area contributed by atoms with Gasteiger partial charge < -0.3 is 4.90 Å². The maximum atomic E-state index is 12.1. The zero-order valence-corrected chi connectivity index (χ0v) is 14.4. The zero-order valence-electron chi connectivity index (χ0n) is 12.7. The van der Waals surface area contributed by atoms with E-state index in [-0.39, 0.29) is 24.5 Å². The van der Waals surface area contributed by atoms with Gasteiger partial charge in [0.2, 0.25) is 5.91 Å². The predicted molar refractivity (Wildman–Crippen MR) is 92.6 cm³/mol. The molecule has 1 amide bonds. The van der Waals surface area contributed by atoms with Crippen LogP contribution in [-0.4, -0.2) is 29.9 Å². The van der Waals surface area contributed by atoms with Gasteiger partial charge in [0.15, 0.2) is 5.78 Å². The minimum atomic E-state index is -0.00107. The topological polar surface area (TPSA) is 37.4 Å². The molecule has 0 unspecified atom stereocenters. The number of carbonyl (C=O) groups excluding carboxylic acids is 2. The molecule has 0 saturated heterocycles. The number of Topliss-reactive ketones (excluding diaryl/α,β-unsaturated/α-hetero) is 1. The van der Waals surface area contributed by atoms with Crippen LogP contribution in [0.15, 0.2) is 46.7 Å². The van der Waals surface area contributed by atoms with Gasteiger partial charge in [-0.3, -0.25) is 9.59 Å². The van der Waals surface area contributed by atoms with Crippen molar-refractivity contribution in [3.63, 3.8) is 0 Å². The molecule has 0 atom stereocenters. The highest BCUT2D eigenvalue weighted by Gasteiger charge is 2.13. The molecule has 116 valence electrons. The van der Waals surface area contributed by atoms with Gasteiger partial charge in [0.05, 0.1) is 4.88 Å². The summed E-state index contributed by atoms with van der Waals surface area (Å²) in [5.74, 6) is 0.0416. The van der Waals surface area contributed by atoms with E-state index >= 15 is 0 Å². The van der Waals surface area contributed by atoms with E-state index in [4.69, 9.17) is 0 Å². The van der Waals surface area contributed by atoms with E-state index in [1.165, 1.54) is 16.2 Å². The molecule has 0 N–H and O–H groups in total. The Labute approximate surface area is 139 Å². The summed E-state index contributed by atoms with van der Waals surface area (Å²) in [5.41, 5.74) is 1.10. The van der Waals surface area contributed by atoms with E-state index in [1.54, 1.807) is 29.8 Å². The normalized spacial score (nSPS) is 10.5. The first-order valence-electron chi connectivity index (χ1n) is 7.03. The SMILES string of the molecule is CSc1ccc(CN(C)C(=O)CCC(=O)c2cccs2)cc1. The Morgan fingerprint density at radius 2 is 1.86 bits per heavy atom. The van der Waals surface area contributed by atoms with Crippen LogP contribution in [-0.2, 0) is 11.3 Å². The summed E-state index contributed by atoms with van der Waals surface area (Å²) in [6.07, 6.45) is 2.57. The molecule has 0 aliphatic heterocycles. The van der Waals surface area contributed by atoms with Gasteiger partial charge in [-0.15, -0.1) is 23.1 Å². The second kappa shape index (κ2) is 8.15. The highest BCUT2D eigenvalue weighted by Crippen LogP contribution is 2.16. The molecule has 1 aromatic carbocycles. The fraction of sp³-hybridized carbons (Fsp3) is 0.294. The summed E-state index contributed by atoms with van der Waals surface area (Å²) < 4.78 is 0. The quantitative estimate of drug-likeness (QED) is 0.566. The molecule has 0 aliphatic carbocycles. The number of thiophene rings is 1. The third-order valence-electron chi connectivity index (χ3n) is 3.37. The average molecular weight is 333 g/mol. The summed E-state index contributed by atoms with van der Waals surface area (Å²) in [5, 5.41) is 1.87. The Hall–Kier alpha value is -1.59. The highest BCUT2D eigenvalue weighted by molar-refractivity contribution is 7.98. The van der Waals surface area contributed by atoms with Crippen molar-refractivity contribution in [1.82, 2.24) is 4.90 Å². The van der Waals surface area contributed by atoms with E-state index in [9.17, 15) is 9.59 Å². The van der Waals surface area contributed by atoms with Gasteiger partial charge in [0.1, 0.15) is 0 Å². The number of hydrogen-bond acceptors (Lipinski definition) is 4. The first-order chi connectivity index (χ1) is 10.6. The number of hydrogen-bond donors (Lipinski definition) is 0. The highest BCUT2D eigenvalue weighted by atomic mass is 32.2. The number of nitrogens with zero attached hydrogens (tertiary/aromatic N) is 1. The largest absolute Gasteiger partial charge is 0.341 e. The van der Waals surface area contributed by atoms with Crippen LogP contribution in [0.3, 0.4) is 0 Å². The maximum Gasteiger partial charge on any atom is 0.223 e. The van der Waals surface area contributed by atoms with Crippen LogP contribution >= 0.6 is 23.1 Å². The second-order valence-corrected chi connectivity index (χ2v) is 6.83. The Bertz CT molecular complexity index is 621. The molecule has 3 nitrogen and oxygen atoms in total. The van der Waals surface area contributed by atoms with Crippen LogP contribution in [0.5, 0.6) is 0 Å². The predicted octanol–water partition coefficient (Wildman–Crippen LogP) is 4.09. The van der Waals surface area contributed by atoms with Crippen molar-refractivity contribution in [1.29, 1.82) is 0 Å². The summed E-state index contributed by atoms with van der Waals surface area (Å²) in [6.45, 7) is 0.570. The fourth-order valence-electron chi connectivity index (χ4n) is 2.06. The minimum absolute atomic E-state index is 0.00107. The average Bonchev–Trinajstić information content (AvgIpc) is 3.07. The first kappa shape index (κ1) is 16.8. The Morgan fingerprint density at radius 1 is 1.14 bits per heavy atom. The molecule has 2 aromatic rings. The molecular weight excluding hydrogens is 314 g/mol. The van der Waals surface area contributed by atoms with E-state index in [0.717, 1.165) is 10.4 Å². The lowest BCUT2D eigenvalue weighted by Crippen LogP contribution is -2.26. The van der Waals surface area contributed by atoms with Gasteiger partial charge in [0.25, 0.3) is 0 Å². The molecule has 0 saturated carbocycles. The first-order valence-corrected chi connectivity index (χ1v) is 9.14. The van der Waals surface area contributed by atoms with E-state index in [2.05, 4.69) is 12.1 Å². The van der Waals surface area contributed by atoms with Crippen LogP contribution < -0.4 is 0 Å². The Balaban J connectivity index is 1.82.